The lowest BCUT2D eigenvalue weighted by molar-refractivity contribution is 0.370. The summed E-state index contributed by atoms with van der Waals surface area (Å²) in [7, 11) is 0. The van der Waals surface area contributed by atoms with Crippen LogP contribution in [0.5, 0.6) is 0 Å². The second-order valence-corrected chi connectivity index (χ2v) is 7.53. The van der Waals surface area contributed by atoms with Gasteiger partial charge in [0, 0.05) is 32.0 Å². The summed E-state index contributed by atoms with van der Waals surface area (Å²) >= 11 is 0. The van der Waals surface area contributed by atoms with E-state index in [1.165, 1.54) is 17.5 Å². The molecule has 3 rings (SSSR count). The van der Waals surface area contributed by atoms with Gasteiger partial charge in [-0.05, 0) is 36.0 Å². The summed E-state index contributed by atoms with van der Waals surface area (Å²) in [5.41, 5.74) is 2.86. The number of guanidine groups is 1. The van der Waals surface area contributed by atoms with E-state index in [1.807, 2.05) is 23.1 Å². The zero-order chi connectivity index (χ0) is 17.7. The fourth-order valence-corrected chi connectivity index (χ4v) is 3.29. The molecule has 1 aromatic heterocycles. The van der Waals surface area contributed by atoms with E-state index < -0.39 is 0 Å². The van der Waals surface area contributed by atoms with Crippen LogP contribution in [-0.4, -0.2) is 40.3 Å². The lowest BCUT2D eigenvalue weighted by Gasteiger charge is -2.23. The molecule has 2 heterocycles. The first-order valence-corrected chi connectivity index (χ1v) is 9.14. The van der Waals surface area contributed by atoms with Gasteiger partial charge < -0.3 is 10.2 Å². The molecule has 1 aromatic carbocycles. The van der Waals surface area contributed by atoms with Gasteiger partial charge in [0.25, 0.3) is 0 Å². The largest absolute Gasteiger partial charge is 0.357 e. The molecule has 0 atom stereocenters. The molecular weight excluding hydrogens is 310 g/mol. The molecule has 0 radical (unpaired) electrons. The molecule has 5 nitrogen and oxygen atoms in total. The summed E-state index contributed by atoms with van der Waals surface area (Å²) in [6.07, 6.45) is 5.02. The van der Waals surface area contributed by atoms with E-state index in [0.29, 0.717) is 12.0 Å². The fourth-order valence-electron chi connectivity index (χ4n) is 3.29. The standard InChI is InChI=1S/C20H29N5/c1-4-21-19(24-12-9-20(2,3)16-24)22-14-17-7-5-8-18(13-17)15-25-11-6-10-23-25/h5-8,10-11,13H,4,9,12,14-16H2,1-3H3,(H,21,22). The van der Waals surface area contributed by atoms with Crippen LogP contribution >= 0.6 is 0 Å². The summed E-state index contributed by atoms with van der Waals surface area (Å²) in [6.45, 7) is 11.3. The van der Waals surface area contributed by atoms with Gasteiger partial charge in [-0.1, -0.05) is 38.1 Å². The highest BCUT2D eigenvalue weighted by molar-refractivity contribution is 5.80. The Morgan fingerprint density at radius 3 is 2.80 bits per heavy atom. The predicted molar refractivity (Wildman–Crippen MR) is 103 cm³/mol. The van der Waals surface area contributed by atoms with Crippen molar-refractivity contribution < 1.29 is 0 Å². The molecule has 0 unspecified atom stereocenters. The molecule has 1 aliphatic rings. The minimum Gasteiger partial charge on any atom is -0.357 e. The first kappa shape index (κ1) is 17.5. The van der Waals surface area contributed by atoms with Crippen LogP contribution in [0, 0.1) is 5.41 Å². The van der Waals surface area contributed by atoms with E-state index in [-0.39, 0.29) is 0 Å². The highest BCUT2D eigenvalue weighted by Gasteiger charge is 2.30. The Kier molecular flexibility index (Phi) is 5.41. The van der Waals surface area contributed by atoms with Gasteiger partial charge >= 0.3 is 0 Å². The zero-order valence-electron chi connectivity index (χ0n) is 15.6. The Balaban J connectivity index is 1.68. The average Bonchev–Trinajstić information content (AvgIpc) is 3.21. The van der Waals surface area contributed by atoms with Crippen molar-refractivity contribution in [2.24, 2.45) is 10.4 Å². The number of nitrogens with one attached hydrogen (secondary N) is 1. The molecule has 2 aromatic rings. The van der Waals surface area contributed by atoms with Gasteiger partial charge in [-0.15, -0.1) is 0 Å². The zero-order valence-corrected chi connectivity index (χ0v) is 15.6. The summed E-state index contributed by atoms with van der Waals surface area (Å²) in [5.74, 6) is 1.03. The maximum absolute atomic E-state index is 4.88. The third-order valence-electron chi connectivity index (χ3n) is 4.62. The van der Waals surface area contributed by atoms with Crippen LogP contribution in [0.1, 0.15) is 38.3 Å². The normalized spacial score (nSPS) is 17.1. The molecule has 0 aliphatic carbocycles. The molecule has 1 N–H and O–H groups in total. The Morgan fingerprint density at radius 2 is 2.12 bits per heavy atom. The highest BCUT2D eigenvalue weighted by atomic mass is 15.3. The van der Waals surface area contributed by atoms with Crippen molar-refractivity contribution in [3.63, 3.8) is 0 Å². The van der Waals surface area contributed by atoms with E-state index in [4.69, 9.17) is 4.99 Å². The predicted octanol–water partition coefficient (Wildman–Crippen LogP) is 3.13. The third-order valence-corrected chi connectivity index (χ3v) is 4.62. The maximum atomic E-state index is 4.88. The molecule has 0 spiro atoms. The van der Waals surface area contributed by atoms with Gasteiger partial charge in [0.15, 0.2) is 5.96 Å². The molecule has 1 aliphatic heterocycles. The van der Waals surface area contributed by atoms with Crippen LogP contribution in [0.3, 0.4) is 0 Å². The fraction of sp³-hybridized carbons (Fsp3) is 0.500. The monoisotopic (exact) mass is 339 g/mol. The van der Waals surface area contributed by atoms with Crippen LogP contribution in [0.25, 0.3) is 0 Å². The number of hydrogen-bond donors (Lipinski definition) is 1. The number of benzene rings is 1. The van der Waals surface area contributed by atoms with E-state index in [9.17, 15) is 0 Å². The highest BCUT2D eigenvalue weighted by Crippen LogP contribution is 2.28. The Hall–Kier alpha value is -2.30. The smallest absolute Gasteiger partial charge is 0.194 e. The van der Waals surface area contributed by atoms with Crippen molar-refractivity contribution in [1.82, 2.24) is 20.0 Å². The first-order chi connectivity index (χ1) is 12.1. The topological polar surface area (TPSA) is 45.5 Å². The molecule has 0 amide bonds. The van der Waals surface area contributed by atoms with Crippen LogP contribution in [0.4, 0.5) is 0 Å². The number of aromatic nitrogens is 2. The van der Waals surface area contributed by atoms with Gasteiger partial charge in [-0.2, -0.15) is 5.10 Å². The van der Waals surface area contributed by atoms with Gasteiger partial charge in [0.05, 0.1) is 13.1 Å². The van der Waals surface area contributed by atoms with E-state index in [2.05, 4.69) is 60.4 Å². The second kappa shape index (κ2) is 7.72. The van der Waals surface area contributed by atoms with Crippen LogP contribution in [-0.2, 0) is 13.1 Å². The molecule has 1 saturated heterocycles. The van der Waals surface area contributed by atoms with E-state index >= 15 is 0 Å². The number of likely N-dealkylation sites (tertiary alicyclic amines) is 1. The summed E-state index contributed by atoms with van der Waals surface area (Å²) in [4.78, 5) is 7.26. The van der Waals surface area contributed by atoms with Crippen molar-refractivity contribution >= 4 is 5.96 Å². The minimum atomic E-state index is 0.375. The number of nitrogens with zero attached hydrogens (tertiary/aromatic N) is 4. The van der Waals surface area contributed by atoms with Gasteiger partial charge in [0.1, 0.15) is 0 Å². The van der Waals surface area contributed by atoms with Crippen LogP contribution < -0.4 is 5.32 Å². The van der Waals surface area contributed by atoms with E-state index in [1.54, 1.807) is 0 Å². The van der Waals surface area contributed by atoms with Crippen molar-refractivity contribution in [3.8, 4) is 0 Å². The van der Waals surface area contributed by atoms with Gasteiger partial charge in [-0.3, -0.25) is 4.68 Å². The van der Waals surface area contributed by atoms with Gasteiger partial charge in [-0.25, -0.2) is 4.99 Å². The van der Waals surface area contributed by atoms with Gasteiger partial charge in [0.2, 0.25) is 0 Å². The number of aliphatic imine (C=N–C) groups is 1. The van der Waals surface area contributed by atoms with Crippen LogP contribution in [0.15, 0.2) is 47.7 Å². The molecule has 0 saturated carbocycles. The van der Waals surface area contributed by atoms with Crippen molar-refractivity contribution in [2.75, 3.05) is 19.6 Å². The SMILES string of the molecule is CCNC(=NCc1cccc(Cn2cccn2)c1)N1CCC(C)(C)C1. The Bertz CT molecular complexity index is 703. The third kappa shape index (κ3) is 4.84. The lowest BCUT2D eigenvalue weighted by Crippen LogP contribution is -2.40. The Labute approximate surface area is 150 Å². The molecule has 5 heteroatoms. The minimum absolute atomic E-state index is 0.375. The molecule has 1 fully saturated rings. The molecule has 0 bridgehead atoms. The first-order valence-electron chi connectivity index (χ1n) is 9.14. The van der Waals surface area contributed by atoms with Crippen molar-refractivity contribution in [3.05, 3.63) is 53.9 Å². The summed E-state index contributed by atoms with van der Waals surface area (Å²) in [5, 5.41) is 7.72. The number of hydrogen-bond acceptors (Lipinski definition) is 2. The second-order valence-electron chi connectivity index (χ2n) is 7.53. The Morgan fingerprint density at radius 1 is 1.28 bits per heavy atom. The maximum Gasteiger partial charge on any atom is 0.194 e. The number of rotatable bonds is 5. The molecular formula is C20H29N5. The lowest BCUT2D eigenvalue weighted by atomic mass is 9.93. The molecule has 25 heavy (non-hydrogen) atoms. The van der Waals surface area contributed by atoms with E-state index in [0.717, 1.165) is 32.1 Å². The van der Waals surface area contributed by atoms with Crippen molar-refractivity contribution in [2.45, 2.75) is 40.3 Å². The quantitative estimate of drug-likeness (QED) is 0.672. The van der Waals surface area contributed by atoms with Crippen molar-refractivity contribution in [1.29, 1.82) is 0 Å². The summed E-state index contributed by atoms with van der Waals surface area (Å²) in [6, 6.07) is 10.6. The average molecular weight is 339 g/mol. The molecule has 134 valence electrons. The van der Waals surface area contributed by atoms with Crippen LogP contribution in [0.2, 0.25) is 0 Å². The summed E-state index contributed by atoms with van der Waals surface area (Å²) < 4.78 is 1.94.